The first-order valence-electron chi connectivity index (χ1n) is 6.17. The van der Waals surface area contributed by atoms with Gasteiger partial charge in [0.15, 0.2) is 0 Å². The molecule has 3 nitrogen and oxygen atoms in total. The summed E-state index contributed by atoms with van der Waals surface area (Å²) in [6, 6.07) is 0.482. The number of hydrogen-bond acceptors (Lipinski definition) is 3. The van der Waals surface area contributed by atoms with E-state index in [9.17, 15) is 0 Å². The maximum absolute atomic E-state index is 5.80. The Bertz CT molecular complexity index is 167. The Morgan fingerprint density at radius 2 is 2.13 bits per heavy atom. The smallest absolute Gasteiger partial charge is 0.0702 e. The van der Waals surface area contributed by atoms with Gasteiger partial charge in [0.1, 0.15) is 0 Å². The van der Waals surface area contributed by atoms with Gasteiger partial charge in [-0.05, 0) is 32.2 Å². The lowest BCUT2D eigenvalue weighted by Gasteiger charge is -2.34. The van der Waals surface area contributed by atoms with Crippen molar-refractivity contribution in [3.63, 3.8) is 0 Å². The fourth-order valence-electron chi connectivity index (χ4n) is 2.37. The topological polar surface area (TPSA) is 38.5 Å². The van der Waals surface area contributed by atoms with Crippen LogP contribution in [0.3, 0.4) is 0 Å². The van der Waals surface area contributed by atoms with Crippen LogP contribution >= 0.6 is 0 Å². The Balaban J connectivity index is 2.34. The number of likely N-dealkylation sites (N-methyl/N-ethyl adjacent to an activating group) is 1. The summed E-state index contributed by atoms with van der Waals surface area (Å²) in [5.41, 5.74) is 5.80. The molecule has 2 atom stereocenters. The van der Waals surface area contributed by atoms with Crippen LogP contribution in [0.5, 0.6) is 0 Å². The third-order valence-corrected chi connectivity index (χ3v) is 3.34. The van der Waals surface area contributed by atoms with Crippen LogP contribution in [0.4, 0.5) is 0 Å². The van der Waals surface area contributed by atoms with Gasteiger partial charge in [0.25, 0.3) is 0 Å². The highest BCUT2D eigenvalue weighted by molar-refractivity contribution is 4.76. The Morgan fingerprint density at radius 3 is 2.60 bits per heavy atom. The van der Waals surface area contributed by atoms with Crippen LogP contribution in [0.2, 0.25) is 0 Å². The molecule has 1 rings (SSSR count). The molecule has 0 amide bonds. The average Bonchev–Trinajstić information content (AvgIpc) is 2.19. The van der Waals surface area contributed by atoms with Crippen molar-refractivity contribution in [2.45, 2.75) is 45.3 Å². The highest BCUT2D eigenvalue weighted by atomic mass is 16.5. The van der Waals surface area contributed by atoms with Crippen molar-refractivity contribution < 1.29 is 4.74 Å². The standard InChI is InChI=1S/C12H26N2O/c1-10(2)12(8-13)14(3)9-11-6-4-5-7-15-11/h10-12H,4-9,13H2,1-3H3. The number of nitrogens with two attached hydrogens (primary N) is 1. The van der Waals surface area contributed by atoms with E-state index in [1.54, 1.807) is 0 Å². The normalized spacial score (nSPS) is 24.8. The van der Waals surface area contributed by atoms with Crippen LogP contribution < -0.4 is 5.73 Å². The van der Waals surface area contributed by atoms with Gasteiger partial charge >= 0.3 is 0 Å². The Hall–Kier alpha value is -0.120. The van der Waals surface area contributed by atoms with Gasteiger partial charge in [-0.1, -0.05) is 13.8 Å². The third-order valence-electron chi connectivity index (χ3n) is 3.34. The molecule has 90 valence electrons. The minimum absolute atomic E-state index is 0.427. The number of hydrogen-bond donors (Lipinski definition) is 1. The van der Waals surface area contributed by atoms with Gasteiger partial charge < -0.3 is 10.5 Å². The van der Waals surface area contributed by atoms with Crippen molar-refractivity contribution >= 4 is 0 Å². The van der Waals surface area contributed by atoms with Gasteiger partial charge in [0, 0.05) is 25.7 Å². The molecule has 0 saturated carbocycles. The zero-order valence-corrected chi connectivity index (χ0v) is 10.4. The quantitative estimate of drug-likeness (QED) is 0.753. The van der Waals surface area contributed by atoms with E-state index in [0.717, 1.165) is 19.7 Å². The van der Waals surface area contributed by atoms with E-state index in [1.165, 1.54) is 19.3 Å². The summed E-state index contributed by atoms with van der Waals surface area (Å²) in [5.74, 6) is 0.614. The molecule has 0 aliphatic carbocycles. The van der Waals surface area contributed by atoms with Crippen LogP contribution in [0.25, 0.3) is 0 Å². The lowest BCUT2D eigenvalue weighted by atomic mass is 10.0. The molecule has 0 aromatic heterocycles. The van der Waals surface area contributed by atoms with E-state index in [4.69, 9.17) is 10.5 Å². The first-order valence-corrected chi connectivity index (χ1v) is 6.17. The second-order valence-corrected chi connectivity index (χ2v) is 4.98. The largest absolute Gasteiger partial charge is 0.377 e. The van der Waals surface area contributed by atoms with E-state index in [0.29, 0.717) is 18.1 Å². The second-order valence-electron chi connectivity index (χ2n) is 4.98. The van der Waals surface area contributed by atoms with Crippen LogP contribution in [0.15, 0.2) is 0 Å². The molecule has 1 fully saturated rings. The second kappa shape index (κ2) is 6.46. The molecule has 1 aliphatic rings. The molecule has 0 spiro atoms. The first kappa shape index (κ1) is 12.9. The zero-order chi connectivity index (χ0) is 11.3. The predicted octanol–water partition coefficient (Wildman–Crippen LogP) is 1.47. The maximum atomic E-state index is 5.80. The van der Waals surface area contributed by atoms with Gasteiger partial charge in [-0.3, -0.25) is 4.90 Å². The zero-order valence-electron chi connectivity index (χ0n) is 10.4. The fourth-order valence-corrected chi connectivity index (χ4v) is 2.37. The van der Waals surface area contributed by atoms with Gasteiger partial charge in [-0.25, -0.2) is 0 Å². The molecule has 3 heteroatoms. The highest BCUT2D eigenvalue weighted by Crippen LogP contribution is 2.16. The van der Waals surface area contributed by atoms with Crippen molar-refractivity contribution in [2.75, 3.05) is 26.7 Å². The predicted molar refractivity (Wildman–Crippen MR) is 63.9 cm³/mol. The van der Waals surface area contributed by atoms with E-state index in [-0.39, 0.29) is 0 Å². The van der Waals surface area contributed by atoms with Gasteiger partial charge in [0.2, 0.25) is 0 Å². The van der Waals surface area contributed by atoms with Crippen molar-refractivity contribution in [2.24, 2.45) is 11.7 Å². The molecule has 2 unspecified atom stereocenters. The van der Waals surface area contributed by atoms with Crippen LogP contribution in [-0.4, -0.2) is 43.8 Å². The molecule has 0 radical (unpaired) electrons. The van der Waals surface area contributed by atoms with Crippen molar-refractivity contribution in [1.82, 2.24) is 4.90 Å². The summed E-state index contributed by atoms with van der Waals surface area (Å²) in [5, 5.41) is 0. The first-order chi connectivity index (χ1) is 7.15. The third kappa shape index (κ3) is 4.09. The van der Waals surface area contributed by atoms with Gasteiger partial charge in [0.05, 0.1) is 6.10 Å². The average molecular weight is 214 g/mol. The monoisotopic (exact) mass is 214 g/mol. The van der Waals surface area contributed by atoms with Crippen LogP contribution in [0.1, 0.15) is 33.1 Å². The number of ether oxygens (including phenoxy) is 1. The highest BCUT2D eigenvalue weighted by Gasteiger charge is 2.21. The molecule has 1 aliphatic heterocycles. The van der Waals surface area contributed by atoms with Crippen LogP contribution in [-0.2, 0) is 4.74 Å². The summed E-state index contributed by atoms with van der Waals surface area (Å²) < 4.78 is 5.74. The van der Waals surface area contributed by atoms with Crippen molar-refractivity contribution in [3.05, 3.63) is 0 Å². The Morgan fingerprint density at radius 1 is 1.40 bits per heavy atom. The molecule has 0 aromatic rings. The van der Waals surface area contributed by atoms with E-state index >= 15 is 0 Å². The number of nitrogens with zero attached hydrogens (tertiary/aromatic N) is 1. The van der Waals surface area contributed by atoms with Crippen molar-refractivity contribution in [1.29, 1.82) is 0 Å². The van der Waals surface area contributed by atoms with E-state index in [1.807, 2.05) is 0 Å². The summed E-state index contributed by atoms with van der Waals surface area (Å²) in [7, 11) is 2.16. The minimum Gasteiger partial charge on any atom is -0.377 e. The molecule has 1 heterocycles. The maximum Gasteiger partial charge on any atom is 0.0702 e. The molecule has 15 heavy (non-hydrogen) atoms. The molecule has 1 saturated heterocycles. The van der Waals surface area contributed by atoms with E-state index < -0.39 is 0 Å². The lowest BCUT2D eigenvalue weighted by Crippen LogP contribution is -2.46. The molecule has 0 bridgehead atoms. The Labute approximate surface area is 94.0 Å². The SMILES string of the molecule is CC(C)C(CN)N(C)CC1CCCCO1. The summed E-state index contributed by atoms with van der Waals surface area (Å²) in [6.07, 6.45) is 4.18. The molecular formula is C12H26N2O. The summed E-state index contributed by atoms with van der Waals surface area (Å²) in [6.45, 7) is 7.17. The van der Waals surface area contributed by atoms with Crippen molar-refractivity contribution in [3.8, 4) is 0 Å². The summed E-state index contributed by atoms with van der Waals surface area (Å²) >= 11 is 0. The molecule has 2 N–H and O–H groups in total. The Kier molecular flexibility index (Phi) is 5.58. The van der Waals surface area contributed by atoms with Crippen LogP contribution in [0, 0.1) is 5.92 Å². The molecule has 0 aromatic carbocycles. The van der Waals surface area contributed by atoms with Gasteiger partial charge in [-0.2, -0.15) is 0 Å². The fraction of sp³-hybridized carbons (Fsp3) is 1.00. The van der Waals surface area contributed by atoms with Gasteiger partial charge in [-0.15, -0.1) is 0 Å². The van der Waals surface area contributed by atoms with E-state index in [2.05, 4.69) is 25.8 Å². The minimum atomic E-state index is 0.427. The lowest BCUT2D eigenvalue weighted by molar-refractivity contribution is -0.0109. The summed E-state index contributed by atoms with van der Waals surface area (Å²) in [4.78, 5) is 2.36. The number of rotatable bonds is 5. The molecular weight excluding hydrogens is 188 g/mol.